The summed E-state index contributed by atoms with van der Waals surface area (Å²) in [7, 11) is 0. The second-order valence-electron chi connectivity index (χ2n) is 4.05. The SMILES string of the molecule is CC.CC.CCCOO.O=C(c1ccccc1)c1ccccc1O. The van der Waals surface area contributed by atoms with Crippen molar-refractivity contribution >= 4 is 5.78 Å². The molecule has 0 aliphatic rings. The number of hydrogen-bond acceptors (Lipinski definition) is 4. The molecular formula is C20H30O4. The molecule has 2 N–H and O–H groups in total. The molecule has 0 heterocycles. The third kappa shape index (κ3) is 9.77. The lowest BCUT2D eigenvalue weighted by Crippen LogP contribution is -2.00. The van der Waals surface area contributed by atoms with Crippen LogP contribution >= 0.6 is 0 Å². The highest BCUT2D eigenvalue weighted by molar-refractivity contribution is 6.10. The summed E-state index contributed by atoms with van der Waals surface area (Å²) in [5, 5.41) is 17.1. The number of phenolic OH excluding ortho intramolecular Hbond substituents is 1. The van der Waals surface area contributed by atoms with Crippen molar-refractivity contribution < 1.29 is 20.0 Å². The summed E-state index contributed by atoms with van der Waals surface area (Å²) in [5.41, 5.74) is 0.919. The first kappa shape index (κ1) is 24.1. The number of carbonyl (C=O) groups excluding carboxylic acids is 1. The van der Waals surface area contributed by atoms with Crippen molar-refractivity contribution in [3.05, 3.63) is 65.7 Å². The summed E-state index contributed by atoms with van der Waals surface area (Å²) in [6, 6.07) is 15.5. The monoisotopic (exact) mass is 334 g/mol. The Kier molecular flexibility index (Phi) is 17.3. The molecule has 0 spiro atoms. The van der Waals surface area contributed by atoms with E-state index in [1.165, 1.54) is 6.07 Å². The van der Waals surface area contributed by atoms with E-state index in [1.807, 2.05) is 40.7 Å². The van der Waals surface area contributed by atoms with Gasteiger partial charge in [0.05, 0.1) is 12.2 Å². The van der Waals surface area contributed by atoms with Gasteiger partial charge in [0.1, 0.15) is 5.75 Å². The van der Waals surface area contributed by atoms with Crippen molar-refractivity contribution in [3.8, 4) is 5.75 Å². The maximum Gasteiger partial charge on any atom is 0.196 e. The van der Waals surface area contributed by atoms with Gasteiger partial charge in [0.2, 0.25) is 0 Å². The molecule has 2 aromatic rings. The molecule has 0 atom stereocenters. The molecule has 2 aromatic carbocycles. The zero-order chi connectivity index (χ0) is 18.8. The Morgan fingerprint density at radius 2 is 1.42 bits per heavy atom. The minimum absolute atomic E-state index is 0.0198. The molecule has 4 nitrogen and oxygen atoms in total. The first-order valence-electron chi connectivity index (χ1n) is 8.34. The Morgan fingerprint density at radius 3 is 1.83 bits per heavy atom. The lowest BCUT2D eigenvalue weighted by molar-refractivity contribution is -0.241. The minimum atomic E-state index is -0.159. The van der Waals surface area contributed by atoms with Crippen LogP contribution in [-0.2, 0) is 4.89 Å². The Balaban J connectivity index is 0. The highest BCUT2D eigenvalue weighted by Crippen LogP contribution is 2.19. The van der Waals surface area contributed by atoms with Gasteiger partial charge in [0, 0.05) is 5.56 Å². The van der Waals surface area contributed by atoms with Crippen molar-refractivity contribution in [2.24, 2.45) is 0 Å². The average Bonchev–Trinajstić information content (AvgIpc) is 2.67. The van der Waals surface area contributed by atoms with Crippen LogP contribution in [0.5, 0.6) is 5.75 Å². The van der Waals surface area contributed by atoms with E-state index < -0.39 is 0 Å². The normalized spacial score (nSPS) is 8.42. The van der Waals surface area contributed by atoms with Gasteiger partial charge in [-0.2, -0.15) is 0 Å². The van der Waals surface area contributed by atoms with Crippen LogP contribution in [0, 0.1) is 0 Å². The molecule has 4 heteroatoms. The van der Waals surface area contributed by atoms with Gasteiger partial charge < -0.3 is 5.11 Å². The van der Waals surface area contributed by atoms with Gasteiger partial charge in [-0.1, -0.05) is 77.1 Å². The first-order valence-corrected chi connectivity index (χ1v) is 8.34. The van der Waals surface area contributed by atoms with Crippen LogP contribution in [0.3, 0.4) is 0 Å². The number of aromatic hydroxyl groups is 1. The number of carbonyl (C=O) groups is 1. The van der Waals surface area contributed by atoms with Crippen LogP contribution in [0.2, 0.25) is 0 Å². The van der Waals surface area contributed by atoms with Crippen molar-refractivity contribution in [3.63, 3.8) is 0 Å². The number of benzene rings is 2. The summed E-state index contributed by atoms with van der Waals surface area (Å²) in [6.07, 6.45) is 0.872. The van der Waals surface area contributed by atoms with E-state index in [4.69, 9.17) is 5.26 Å². The standard InChI is InChI=1S/C13H10O2.C3H8O2.2C2H6/c14-12-9-5-4-8-11(12)13(15)10-6-2-1-3-7-10;1-2-3-5-4;2*1-2/h1-9,14H;4H,2-3H2,1H3;2*1-2H3. The van der Waals surface area contributed by atoms with Gasteiger partial charge in [0.15, 0.2) is 5.78 Å². The molecule has 0 aliphatic heterocycles. The van der Waals surface area contributed by atoms with E-state index >= 15 is 0 Å². The van der Waals surface area contributed by atoms with Gasteiger partial charge >= 0.3 is 0 Å². The topological polar surface area (TPSA) is 66.8 Å². The van der Waals surface area contributed by atoms with Crippen LogP contribution < -0.4 is 0 Å². The van der Waals surface area contributed by atoms with Gasteiger partial charge in [0.25, 0.3) is 0 Å². The van der Waals surface area contributed by atoms with Crippen LogP contribution in [-0.4, -0.2) is 22.8 Å². The number of hydrogen-bond donors (Lipinski definition) is 2. The molecule has 0 aromatic heterocycles. The van der Waals surface area contributed by atoms with E-state index in [-0.39, 0.29) is 11.5 Å². The first-order chi connectivity index (χ1) is 11.7. The highest BCUT2D eigenvalue weighted by atomic mass is 17.1. The summed E-state index contributed by atoms with van der Waals surface area (Å²) >= 11 is 0. The summed E-state index contributed by atoms with van der Waals surface area (Å²) in [4.78, 5) is 15.6. The molecule has 0 aliphatic carbocycles. The molecule has 2 rings (SSSR count). The molecule has 0 amide bonds. The van der Waals surface area contributed by atoms with E-state index in [2.05, 4.69) is 4.89 Å². The zero-order valence-electron chi connectivity index (χ0n) is 15.3. The van der Waals surface area contributed by atoms with Gasteiger partial charge in [-0.25, -0.2) is 4.89 Å². The van der Waals surface area contributed by atoms with Crippen molar-refractivity contribution in [2.45, 2.75) is 41.0 Å². The quantitative estimate of drug-likeness (QED) is 0.436. The third-order valence-corrected chi connectivity index (χ3v) is 2.48. The lowest BCUT2D eigenvalue weighted by Gasteiger charge is -2.02. The largest absolute Gasteiger partial charge is 0.507 e. The van der Waals surface area contributed by atoms with E-state index in [9.17, 15) is 9.90 Å². The van der Waals surface area contributed by atoms with Crippen molar-refractivity contribution in [2.75, 3.05) is 6.61 Å². The number of para-hydroxylation sites is 1. The second kappa shape index (κ2) is 17.2. The fourth-order valence-electron chi connectivity index (χ4n) is 1.50. The molecule has 0 radical (unpaired) electrons. The molecule has 24 heavy (non-hydrogen) atoms. The van der Waals surface area contributed by atoms with Crippen LogP contribution in [0.25, 0.3) is 0 Å². The predicted octanol–water partition coefficient (Wildman–Crippen LogP) is 5.56. The van der Waals surface area contributed by atoms with Crippen molar-refractivity contribution in [1.29, 1.82) is 0 Å². The highest BCUT2D eigenvalue weighted by Gasteiger charge is 2.11. The molecule has 0 saturated carbocycles. The van der Waals surface area contributed by atoms with Crippen LogP contribution in [0.4, 0.5) is 0 Å². The fraction of sp³-hybridized carbons (Fsp3) is 0.350. The number of ketones is 1. The Hall–Kier alpha value is -2.17. The van der Waals surface area contributed by atoms with Crippen LogP contribution in [0.15, 0.2) is 54.6 Å². The minimum Gasteiger partial charge on any atom is -0.507 e. The second-order valence-corrected chi connectivity index (χ2v) is 4.05. The molecular weight excluding hydrogens is 304 g/mol. The number of rotatable bonds is 4. The Morgan fingerprint density at radius 1 is 0.917 bits per heavy atom. The molecule has 0 saturated heterocycles. The Bertz CT molecular complexity index is 522. The van der Waals surface area contributed by atoms with E-state index in [0.29, 0.717) is 17.7 Å². The number of phenols is 1. The van der Waals surface area contributed by atoms with Crippen LogP contribution in [0.1, 0.15) is 57.0 Å². The fourth-order valence-corrected chi connectivity index (χ4v) is 1.50. The van der Waals surface area contributed by atoms with Gasteiger partial charge in [-0.05, 0) is 18.6 Å². The van der Waals surface area contributed by atoms with Gasteiger partial charge in [-0.15, -0.1) is 0 Å². The average molecular weight is 334 g/mol. The molecule has 134 valence electrons. The summed E-state index contributed by atoms with van der Waals surface area (Å²) in [5.74, 6) is -0.139. The molecule has 0 unspecified atom stereocenters. The maximum atomic E-state index is 11.9. The summed E-state index contributed by atoms with van der Waals surface area (Å²) in [6.45, 7) is 10.4. The van der Waals surface area contributed by atoms with Crippen molar-refractivity contribution in [1.82, 2.24) is 0 Å². The lowest BCUT2D eigenvalue weighted by atomic mass is 10.0. The Labute approximate surface area is 145 Å². The zero-order valence-corrected chi connectivity index (χ0v) is 15.3. The maximum absolute atomic E-state index is 11.9. The third-order valence-electron chi connectivity index (χ3n) is 2.48. The molecule has 0 fully saturated rings. The summed E-state index contributed by atoms with van der Waals surface area (Å²) < 4.78 is 0. The predicted molar refractivity (Wildman–Crippen MR) is 99.5 cm³/mol. The van der Waals surface area contributed by atoms with Gasteiger partial charge in [-0.3, -0.25) is 10.1 Å². The molecule has 0 bridgehead atoms. The van der Waals surface area contributed by atoms with E-state index in [1.54, 1.807) is 42.5 Å². The van der Waals surface area contributed by atoms with E-state index in [0.717, 1.165) is 6.42 Å². The smallest absolute Gasteiger partial charge is 0.196 e.